The van der Waals surface area contributed by atoms with Crippen LogP contribution in [0, 0.1) is 0 Å². The van der Waals surface area contributed by atoms with Gasteiger partial charge < -0.3 is 25.4 Å². The molecule has 2 aromatic rings. The molecule has 1 saturated carbocycles. The van der Waals surface area contributed by atoms with Crippen molar-refractivity contribution in [3.63, 3.8) is 0 Å². The second-order valence-corrected chi connectivity index (χ2v) is 7.47. The number of hydrogen-bond donors (Lipinski definition) is 4. The first-order valence-corrected chi connectivity index (χ1v) is 10.1. The Morgan fingerprint density at radius 3 is 2.64 bits per heavy atom. The number of amides is 1. The summed E-state index contributed by atoms with van der Waals surface area (Å²) < 4.78 is 1.70. The first-order valence-electron chi connectivity index (χ1n) is 9.71. The minimum atomic E-state index is -1.07. The van der Waals surface area contributed by atoms with Gasteiger partial charge in [-0.05, 0) is 30.9 Å². The van der Waals surface area contributed by atoms with E-state index < -0.39 is 24.3 Å². The van der Waals surface area contributed by atoms with E-state index in [-0.39, 0.29) is 17.2 Å². The van der Waals surface area contributed by atoms with Crippen LogP contribution in [0.3, 0.4) is 0 Å². The van der Waals surface area contributed by atoms with Gasteiger partial charge in [0.15, 0.2) is 17.0 Å². The van der Waals surface area contributed by atoms with Gasteiger partial charge in [-0.3, -0.25) is 4.79 Å². The number of aliphatic hydroxyl groups is 2. The first-order chi connectivity index (χ1) is 13.4. The highest BCUT2D eigenvalue weighted by atomic mass is 35.5. The molecule has 1 unspecified atom stereocenters. The molecule has 1 aliphatic rings. The lowest BCUT2D eigenvalue weighted by Gasteiger charge is -2.19. The zero-order valence-corrected chi connectivity index (χ0v) is 17.0. The Balaban J connectivity index is 1.94. The molecule has 28 heavy (non-hydrogen) atoms. The zero-order chi connectivity index (χ0) is 20.4. The number of aliphatic hydroxyl groups excluding tert-OH is 2. The lowest BCUT2D eigenvalue weighted by molar-refractivity contribution is -0.122. The van der Waals surface area contributed by atoms with E-state index in [0.29, 0.717) is 29.8 Å². The number of aromatic nitrogens is 4. The van der Waals surface area contributed by atoms with E-state index in [1.54, 1.807) is 17.8 Å². The van der Waals surface area contributed by atoms with Crippen LogP contribution in [0.15, 0.2) is 6.33 Å². The van der Waals surface area contributed by atoms with Crippen LogP contribution in [0.4, 0.5) is 5.82 Å². The quantitative estimate of drug-likeness (QED) is 0.511. The third-order valence-corrected chi connectivity index (χ3v) is 5.57. The van der Waals surface area contributed by atoms with Crippen molar-refractivity contribution in [1.82, 2.24) is 24.8 Å². The predicted octanol–water partition coefficient (Wildman–Crippen LogP) is 1.64. The molecule has 2 heterocycles. The SMILES string of the molecule is CCC(=O)N[C@H]1CC(n2cnc3c(NC(CC)CC)nc(Cl)nc32)[C@H](O)[C@@H]1O. The van der Waals surface area contributed by atoms with Crippen molar-refractivity contribution in [2.45, 2.75) is 76.8 Å². The van der Waals surface area contributed by atoms with Crippen molar-refractivity contribution in [2.24, 2.45) is 0 Å². The Morgan fingerprint density at radius 1 is 1.29 bits per heavy atom. The molecule has 0 radical (unpaired) electrons. The number of fused-ring (bicyclic) bond motifs is 1. The number of hydrogen-bond acceptors (Lipinski definition) is 7. The Hall–Kier alpha value is -1.97. The van der Waals surface area contributed by atoms with Gasteiger partial charge in [-0.2, -0.15) is 9.97 Å². The summed E-state index contributed by atoms with van der Waals surface area (Å²) in [6.07, 6.45) is 1.95. The number of halogens is 1. The molecule has 9 nitrogen and oxygen atoms in total. The van der Waals surface area contributed by atoms with E-state index in [9.17, 15) is 15.0 Å². The van der Waals surface area contributed by atoms with Gasteiger partial charge >= 0.3 is 0 Å². The monoisotopic (exact) mass is 410 g/mol. The maximum Gasteiger partial charge on any atom is 0.226 e. The van der Waals surface area contributed by atoms with Crippen molar-refractivity contribution < 1.29 is 15.0 Å². The summed E-state index contributed by atoms with van der Waals surface area (Å²) in [5.41, 5.74) is 1.03. The van der Waals surface area contributed by atoms with Crippen molar-refractivity contribution in [3.05, 3.63) is 11.6 Å². The molecule has 3 rings (SSSR count). The second-order valence-electron chi connectivity index (χ2n) is 7.13. The van der Waals surface area contributed by atoms with Gasteiger partial charge in [0, 0.05) is 12.5 Å². The van der Waals surface area contributed by atoms with E-state index in [1.165, 1.54) is 0 Å². The third-order valence-electron chi connectivity index (χ3n) is 5.40. The Bertz CT molecular complexity index is 840. The van der Waals surface area contributed by atoms with Gasteiger partial charge in [0.1, 0.15) is 12.2 Å². The minimum absolute atomic E-state index is 0.0755. The molecule has 0 bridgehead atoms. The molecule has 0 aromatic carbocycles. The van der Waals surface area contributed by atoms with Crippen molar-refractivity contribution in [3.8, 4) is 0 Å². The zero-order valence-electron chi connectivity index (χ0n) is 16.3. The van der Waals surface area contributed by atoms with Crippen LogP contribution in [0.2, 0.25) is 5.28 Å². The van der Waals surface area contributed by atoms with Crippen LogP contribution < -0.4 is 10.6 Å². The summed E-state index contributed by atoms with van der Waals surface area (Å²) in [7, 11) is 0. The van der Waals surface area contributed by atoms with Gasteiger partial charge in [0.25, 0.3) is 0 Å². The third kappa shape index (κ3) is 3.92. The van der Waals surface area contributed by atoms with E-state index in [1.807, 2.05) is 0 Å². The van der Waals surface area contributed by atoms with Gasteiger partial charge in [0.05, 0.1) is 18.4 Å². The summed E-state index contributed by atoms with van der Waals surface area (Å²) in [6.45, 7) is 5.91. The maximum atomic E-state index is 11.7. The van der Waals surface area contributed by atoms with Gasteiger partial charge in [-0.15, -0.1) is 0 Å². The molecule has 4 N–H and O–H groups in total. The lowest BCUT2D eigenvalue weighted by Crippen LogP contribution is -2.42. The maximum absolute atomic E-state index is 11.7. The number of carbonyl (C=O) groups is 1. The fourth-order valence-electron chi connectivity index (χ4n) is 3.66. The number of nitrogens with one attached hydrogen (secondary N) is 2. The smallest absolute Gasteiger partial charge is 0.226 e. The largest absolute Gasteiger partial charge is 0.388 e. The highest BCUT2D eigenvalue weighted by Crippen LogP contribution is 2.34. The Morgan fingerprint density at radius 2 is 2.00 bits per heavy atom. The molecule has 0 aliphatic heterocycles. The summed E-state index contributed by atoms with van der Waals surface area (Å²) in [4.78, 5) is 24.7. The molecular weight excluding hydrogens is 384 g/mol. The van der Waals surface area contributed by atoms with Crippen molar-refractivity contribution in [1.29, 1.82) is 0 Å². The normalized spacial score (nSPS) is 24.8. The topological polar surface area (TPSA) is 125 Å². The summed E-state index contributed by atoms with van der Waals surface area (Å²) in [6, 6.07) is -0.801. The fraction of sp³-hybridized carbons (Fsp3) is 0.667. The molecule has 154 valence electrons. The molecule has 0 spiro atoms. The molecule has 1 amide bonds. The van der Waals surface area contributed by atoms with Crippen LogP contribution >= 0.6 is 11.6 Å². The molecule has 1 aliphatic carbocycles. The summed E-state index contributed by atoms with van der Waals surface area (Å²) >= 11 is 6.14. The summed E-state index contributed by atoms with van der Waals surface area (Å²) in [5, 5.41) is 27.1. The van der Waals surface area contributed by atoms with Crippen LogP contribution in [-0.4, -0.2) is 59.9 Å². The van der Waals surface area contributed by atoms with Crippen LogP contribution in [0.1, 0.15) is 52.5 Å². The van der Waals surface area contributed by atoms with Gasteiger partial charge in [-0.1, -0.05) is 20.8 Å². The Labute approximate surface area is 168 Å². The second kappa shape index (κ2) is 8.59. The van der Waals surface area contributed by atoms with E-state index in [4.69, 9.17) is 11.6 Å². The average Bonchev–Trinajstić information content (AvgIpc) is 3.21. The summed E-state index contributed by atoms with van der Waals surface area (Å²) in [5.74, 6) is 0.376. The van der Waals surface area contributed by atoms with Crippen LogP contribution in [0.25, 0.3) is 11.2 Å². The molecule has 1 fully saturated rings. The first kappa shape index (κ1) is 20.8. The van der Waals surface area contributed by atoms with Crippen LogP contribution in [-0.2, 0) is 4.79 Å². The lowest BCUT2D eigenvalue weighted by atomic mass is 10.2. The highest BCUT2D eigenvalue weighted by Gasteiger charge is 2.43. The number of imidazole rings is 1. The molecule has 4 atom stereocenters. The molecule has 10 heteroatoms. The van der Waals surface area contributed by atoms with Crippen molar-refractivity contribution >= 4 is 34.5 Å². The highest BCUT2D eigenvalue weighted by molar-refractivity contribution is 6.28. The molecule has 2 aromatic heterocycles. The number of anilines is 1. The standard InChI is InChI=1S/C18H27ClN6O3/c1-4-9(5-2)21-16-13-17(24-18(19)23-16)25(8-20-13)11-7-10(14(27)15(11)28)22-12(26)6-3/h8-11,14-15,27-28H,4-7H2,1-3H3,(H,22,26)(H,21,23,24)/t10-,11?,14+,15-/m0/s1. The van der Waals surface area contributed by atoms with Crippen LogP contribution in [0.5, 0.6) is 0 Å². The van der Waals surface area contributed by atoms with E-state index in [0.717, 1.165) is 12.8 Å². The molecule has 0 saturated heterocycles. The van der Waals surface area contributed by atoms with E-state index >= 15 is 0 Å². The van der Waals surface area contributed by atoms with Gasteiger partial charge in [-0.25, -0.2) is 4.98 Å². The fourth-order valence-corrected chi connectivity index (χ4v) is 3.82. The van der Waals surface area contributed by atoms with Gasteiger partial charge in [0.2, 0.25) is 11.2 Å². The average molecular weight is 411 g/mol. The minimum Gasteiger partial charge on any atom is -0.388 e. The number of nitrogens with zero attached hydrogens (tertiary/aromatic N) is 4. The predicted molar refractivity (Wildman–Crippen MR) is 106 cm³/mol. The van der Waals surface area contributed by atoms with E-state index in [2.05, 4.69) is 39.4 Å². The Kier molecular flexibility index (Phi) is 6.36. The number of carbonyl (C=O) groups excluding carboxylic acids is 1. The van der Waals surface area contributed by atoms with Crippen molar-refractivity contribution in [2.75, 3.05) is 5.32 Å². The molecular formula is C18H27ClN6O3. The number of rotatable bonds is 7.